The van der Waals surface area contributed by atoms with Gasteiger partial charge in [-0.25, -0.2) is 0 Å². The van der Waals surface area contributed by atoms with Gasteiger partial charge in [0.25, 0.3) is 0 Å². The van der Waals surface area contributed by atoms with Crippen molar-refractivity contribution in [2.24, 2.45) is 5.92 Å². The maximum atomic E-state index is 12.3. The molecule has 128 valence electrons. The van der Waals surface area contributed by atoms with Crippen molar-refractivity contribution < 1.29 is 9.32 Å². The van der Waals surface area contributed by atoms with Gasteiger partial charge >= 0.3 is 0 Å². The minimum Gasteiger partial charge on any atom is -0.339 e. The van der Waals surface area contributed by atoms with E-state index in [4.69, 9.17) is 4.52 Å². The fourth-order valence-corrected chi connectivity index (χ4v) is 3.39. The van der Waals surface area contributed by atoms with Gasteiger partial charge in [-0.05, 0) is 30.9 Å². The number of benzene rings is 1. The summed E-state index contributed by atoms with van der Waals surface area (Å²) in [7, 11) is 0. The quantitative estimate of drug-likeness (QED) is 0.860. The first kappa shape index (κ1) is 16.7. The maximum absolute atomic E-state index is 12.3. The molecule has 0 saturated heterocycles. The Labute approximate surface area is 142 Å². The first-order valence-corrected chi connectivity index (χ1v) is 8.87. The molecule has 1 heterocycles. The minimum absolute atomic E-state index is 0.0923. The van der Waals surface area contributed by atoms with Gasteiger partial charge in [0.05, 0.1) is 6.42 Å². The summed E-state index contributed by atoms with van der Waals surface area (Å²) in [5, 5.41) is 6.86. The van der Waals surface area contributed by atoms with E-state index in [1.54, 1.807) is 6.92 Å². The van der Waals surface area contributed by atoms with E-state index in [0.29, 0.717) is 24.6 Å². The van der Waals surface area contributed by atoms with Crippen LogP contribution in [0.2, 0.25) is 0 Å². The summed E-state index contributed by atoms with van der Waals surface area (Å²) in [6.07, 6.45) is 8.67. The van der Waals surface area contributed by atoms with Gasteiger partial charge in [0.2, 0.25) is 11.8 Å². The van der Waals surface area contributed by atoms with Crippen LogP contribution in [0.1, 0.15) is 62.2 Å². The summed E-state index contributed by atoms with van der Waals surface area (Å²) < 4.78 is 5.18. The average molecular weight is 327 g/mol. The van der Waals surface area contributed by atoms with Gasteiger partial charge < -0.3 is 9.84 Å². The molecule has 0 radical (unpaired) electrons. The van der Waals surface area contributed by atoms with Gasteiger partial charge in [-0.3, -0.25) is 4.79 Å². The number of para-hydroxylation sites is 1. The fourth-order valence-electron chi connectivity index (χ4n) is 3.39. The van der Waals surface area contributed by atoms with E-state index < -0.39 is 0 Å². The molecule has 1 aromatic carbocycles. The number of nitrogens with one attached hydrogen (secondary N) is 1. The third-order valence-electron chi connectivity index (χ3n) is 4.71. The molecule has 1 aliphatic rings. The van der Waals surface area contributed by atoms with Crippen molar-refractivity contribution in [2.45, 2.75) is 58.3 Å². The summed E-state index contributed by atoms with van der Waals surface area (Å²) in [6, 6.07) is 7.79. The minimum atomic E-state index is 0.0923. The zero-order chi connectivity index (χ0) is 16.8. The first-order valence-electron chi connectivity index (χ1n) is 8.87. The highest BCUT2D eigenvalue weighted by Crippen LogP contribution is 2.27. The van der Waals surface area contributed by atoms with Gasteiger partial charge in [0, 0.05) is 12.1 Å². The van der Waals surface area contributed by atoms with E-state index in [1.165, 1.54) is 32.1 Å². The molecule has 0 aliphatic heterocycles. The highest BCUT2D eigenvalue weighted by Gasteiger charge is 2.16. The second kappa shape index (κ2) is 8.08. The highest BCUT2D eigenvalue weighted by molar-refractivity contribution is 5.91. The average Bonchev–Trinajstić information content (AvgIpc) is 3.01. The number of aromatic nitrogens is 2. The molecule has 1 aliphatic carbocycles. The molecule has 0 spiro atoms. The van der Waals surface area contributed by atoms with Crippen LogP contribution in [-0.4, -0.2) is 16.0 Å². The second-order valence-corrected chi connectivity index (χ2v) is 6.66. The third kappa shape index (κ3) is 4.66. The Bertz CT molecular complexity index is 675. The Kier molecular flexibility index (Phi) is 5.62. The molecule has 1 amide bonds. The summed E-state index contributed by atoms with van der Waals surface area (Å²) in [6.45, 7) is 1.80. The van der Waals surface area contributed by atoms with Crippen molar-refractivity contribution in [3.63, 3.8) is 0 Å². The Hall–Kier alpha value is -2.17. The maximum Gasteiger partial charge on any atom is 0.231 e. The molecular weight excluding hydrogens is 302 g/mol. The molecule has 0 atom stereocenters. The predicted molar refractivity (Wildman–Crippen MR) is 92.7 cm³/mol. The largest absolute Gasteiger partial charge is 0.339 e. The Morgan fingerprint density at radius 1 is 1.25 bits per heavy atom. The van der Waals surface area contributed by atoms with Crippen molar-refractivity contribution in [3.8, 4) is 0 Å². The predicted octanol–water partition coefficient (Wildman–Crippen LogP) is 4.27. The molecule has 24 heavy (non-hydrogen) atoms. The molecule has 1 saturated carbocycles. The Morgan fingerprint density at radius 2 is 2.04 bits per heavy atom. The van der Waals surface area contributed by atoms with E-state index in [-0.39, 0.29) is 5.91 Å². The van der Waals surface area contributed by atoms with E-state index in [2.05, 4.69) is 15.5 Å². The van der Waals surface area contributed by atoms with Crippen LogP contribution in [0.4, 0.5) is 5.69 Å². The van der Waals surface area contributed by atoms with E-state index in [0.717, 1.165) is 23.6 Å². The molecule has 0 bridgehead atoms. The van der Waals surface area contributed by atoms with E-state index in [1.807, 2.05) is 24.3 Å². The normalized spacial score (nSPS) is 15.4. The molecule has 0 unspecified atom stereocenters. The number of carbonyl (C=O) groups is 1. The van der Waals surface area contributed by atoms with Crippen molar-refractivity contribution in [3.05, 3.63) is 41.5 Å². The van der Waals surface area contributed by atoms with Crippen LogP contribution in [0.15, 0.2) is 28.8 Å². The molecule has 5 nitrogen and oxygen atoms in total. The van der Waals surface area contributed by atoms with Crippen LogP contribution in [0.25, 0.3) is 0 Å². The molecule has 2 aromatic rings. The molecule has 5 heteroatoms. The number of amides is 1. The lowest BCUT2D eigenvalue weighted by Crippen LogP contribution is -2.15. The van der Waals surface area contributed by atoms with Crippen molar-refractivity contribution >= 4 is 11.6 Å². The summed E-state index contributed by atoms with van der Waals surface area (Å²) in [4.78, 5) is 16.5. The van der Waals surface area contributed by atoms with E-state index in [9.17, 15) is 4.79 Å². The number of hydrogen-bond donors (Lipinski definition) is 1. The summed E-state index contributed by atoms with van der Waals surface area (Å²) >= 11 is 0. The molecule has 1 N–H and O–H groups in total. The van der Waals surface area contributed by atoms with Crippen LogP contribution in [0.3, 0.4) is 0 Å². The van der Waals surface area contributed by atoms with E-state index >= 15 is 0 Å². The number of carbonyl (C=O) groups excluding carboxylic acids is 1. The monoisotopic (exact) mass is 327 g/mol. The number of aryl methyl sites for hydroxylation is 1. The summed E-state index contributed by atoms with van der Waals surface area (Å²) in [5.41, 5.74) is 1.83. The van der Waals surface area contributed by atoms with Crippen LogP contribution in [0, 0.1) is 12.8 Å². The van der Waals surface area contributed by atoms with Gasteiger partial charge in [0.15, 0.2) is 5.82 Å². The third-order valence-corrected chi connectivity index (χ3v) is 4.71. The van der Waals surface area contributed by atoms with Gasteiger partial charge in [-0.1, -0.05) is 55.5 Å². The Morgan fingerprint density at radius 3 is 2.79 bits per heavy atom. The number of hydrogen-bond acceptors (Lipinski definition) is 4. The molecule has 3 rings (SSSR count). The zero-order valence-corrected chi connectivity index (χ0v) is 14.3. The number of anilines is 1. The number of nitrogens with zero attached hydrogens (tertiary/aromatic N) is 2. The lowest BCUT2D eigenvalue weighted by molar-refractivity contribution is -0.116. The van der Waals surface area contributed by atoms with Gasteiger partial charge in [-0.15, -0.1) is 0 Å². The number of rotatable bonds is 6. The van der Waals surface area contributed by atoms with Crippen LogP contribution < -0.4 is 5.32 Å². The van der Waals surface area contributed by atoms with Crippen LogP contribution in [-0.2, 0) is 11.2 Å². The summed E-state index contributed by atoms with van der Waals surface area (Å²) in [5.74, 6) is 2.01. The SMILES string of the molecule is Cc1noc(Cc2ccccc2NC(=O)CCC2CCCCC2)n1. The Balaban J connectivity index is 1.56. The molecule has 1 aromatic heterocycles. The van der Waals surface area contributed by atoms with Gasteiger partial charge in [-0.2, -0.15) is 4.98 Å². The van der Waals surface area contributed by atoms with Crippen molar-refractivity contribution in [1.29, 1.82) is 0 Å². The lowest BCUT2D eigenvalue weighted by atomic mass is 9.86. The second-order valence-electron chi connectivity index (χ2n) is 6.66. The van der Waals surface area contributed by atoms with Gasteiger partial charge in [0.1, 0.15) is 0 Å². The molecule has 1 fully saturated rings. The highest BCUT2D eigenvalue weighted by atomic mass is 16.5. The smallest absolute Gasteiger partial charge is 0.231 e. The van der Waals surface area contributed by atoms with Crippen LogP contribution in [0.5, 0.6) is 0 Å². The zero-order valence-electron chi connectivity index (χ0n) is 14.3. The topological polar surface area (TPSA) is 68.0 Å². The first-order chi connectivity index (χ1) is 11.7. The van der Waals surface area contributed by atoms with Crippen molar-refractivity contribution in [1.82, 2.24) is 10.1 Å². The lowest BCUT2D eigenvalue weighted by Gasteiger charge is -2.21. The van der Waals surface area contributed by atoms with Crippen molar-refractivity contribution in [2.75, 3.05) is 5.32 Å². The fraction of sp³-hybridized carbons (Fsp3) is 0.526. The van der Waals surface area contributed by atoms with Crippen LogP contribution >= 0.6 is 0 Å². The standard InChI is InChI=1S/C19H25N3O2/c1-14-20-19(24-22-14)13-16-9-5-6-10-17(16)21-18(23)12-11-15-7-3-2-4-8-15/h5-6,9-10,15H,2-4,7-8,11-13H2,1H3,(H,21,23). The molecular formula is C19H25N3O2.